The summed E-state index contributed by atoms with van der Waals surface area (Å²) in [5.41, 5.74) is 2.67. The van der Waals surface area contributed by atoms with Crippen molar-refractivity contribution in [3.05, 3.63) is 60.6 Å². The van der Waals surface area contributed by atoms with Crippen LogP contribution in [0.2, 0.25) is 0 Å². The lowest BCUT2D eigenvalue weighted by molar-refractivity contribution is -0.114. The van der Waals surface area contributed by atoms with Crippen molar-refractivity contribution in [2.24, 2.45) is 0 Å². The van der Waals surface area contributed by atoms with Gasteiger partial charge >= 0.3 is 0 Å². The molecular weight excluding hydrogens is 280 g/mol. The van der Waals surface area contributed by atoms with Crippen molar-refractivity contribution in [2.45, 2.75) is 6.92 Å². The third-order valence-corrected chi connectivity index (χ3v) is 3.11. The molecule has 0 aliphatic heterocycles. The zero-order valence-corrected chi connectivity index (χ0v) is 11.9. The fourth-order valence-corrected chi connectivity index (χ4v) is 2.10. The van der Waals surface area contributed by atoms with Crippen LogP contribution in [0.15, 0.2) is 55.0 Å². The average molecular weight is 294 g/mol. The molecule has 0 saturated heterocycles. The molecule has 0 aliphatic carbocycles. The van der Waals surface area contributed by atoms with Gasteiger partial charge in [-0.05, 0) is 36.4 Å². The molecule has 0 spiro atoms. The number of hydrogen-bond donors (Lipinski definition) is 2. The Morgan fingerprint density at radius 2 is 1.68 bits per heavy atom. The summed E-state index contributed by atoms with van der Waals surface area (Å²) in [7, 11) is 0. The minimum atomic E-state index is -0.206. The predicted octanol–water partition coefficient (Wildman–Crippen LogP) is 2.55. The van der Waals surface area contributed by atoms with Gasteiger partial charge in [0.25, 0.3) is 5.91 Å². The quantitative estimate of drug-likeness (QED) is 0.779. The van der Waals surface area contributed by atoms with Gasteiger partial charge in [0.2, 0.25) is 5.91 Å². The zero-order chi connectivity index (χ0) is 15.5. The highest BCUT2D eigenvalue weighted by Crippen LogP contribution is 2.15. The van der Waals surface area contributed by atoms with Gasteiger partial charge in [0.15, 0.2) is 0 Å². The SMILES string of the molecule is CC(=O)Nc1ccc(NC(=O)c2ccc3nccn3c2)cc1. The largest absolute Gasteiger partial charge is 0.326 e. The Balaban J connectivity index is 1.74. The molecule has 0 atom stereocenters. The van der Waals surface area contributed by atoms with Gasteiger partial charge < -0.3 is 15.0 Å². The van der Waals surface area contributed by atoms with Crippen LogP contribution in [-0.2, 0) is 4.79 Å². The van der Waals surface area contributed by atoms with Crippen molar-refractivity contribution in [3.8, 4) is 0 Å². The number of carbonyl (C=O) groups excluding carboxylic acids is 2. The van der Waals surface area contributed by atoms with E-state index in [-0.39, 0.29) is 11.8 Å². The topological polar surface area (TPSA) is 75.5 Å². The molecule has 0 saturated carbocycles. The number of nitrogens with zero attached hydrogens (tertiary/aromatic N) is 2. The van der Waals surface area contributed by atoms with E-state index in [1.807, 2.05) is 0 Å². The highest BCUT2D eigenvalue weighted by molar-refractivity contribution is 6.04. The van der Waals surface area contributed by atoms with Crippen molar-refractivity contribution < 1.29 is 9.59 Å². The van der Waals surface area contributed by atoms with E-state index in [0.717, 1.165) is 5.65 Å². The Morgan fingerprint density at radius 1 is 1.00 bits per heavy atom. The second-order valence-corrected chi connectivity index (χ2v) is 4.82. The number of pyridine rings is 1. The van der Waals surface area contributed by atoms with Crippen LogP contribution in [0.1, 0.15) is 17.3 Å². The molecular formula is C16H14N4O2. The van der Waals surface area contributed by atoms with Gasteiger partial charge in [0, 0.05) is 36.9 Å². The summed E-state index contributed by atoms with van der Waals surface area (Å²) in [6.07, 6.45) is 5.19. The van der Waals surface area contributed by atoms with Crippen LogP contribution in [0.4, 0.5) is 11.4 Å². The lowest BCUT2D eigenvalue weighted by atomic mass is 10.2. The fraction of sp³-hybridized carbons (Fsp3) is 0.0625. The summed E-state index contributed by atoms with van der Waals surface area (Å²) < 4.78 is 1.79. The summed E-state index contributed by atoms with van der Waals surface area (Å²) in [4.78, 5) is 27.3. The molecule has 0 fully saturated rings. The van der Waals surface area contributed by atoms with Gasteiger partial charge in [-0.15, -0.1) is 0 Å². The fourth-order valence-electron chi connectivity index (χ4n) is 2.10. The van der Waals surface area contributed by atoms with Crippen LogP contribution < -0.4 is 10.6 Å². The third-order valence-electron chi connectivity index (χ3n) is 3.11. The van der Waals surface area contributed by atoms with Crippen molar-refractivity contribution >= 4 is 28.8 Å². The molecule has 2 amide bonds. The number of anilines is 2. The van der Waals surface area contributed by atoms with E-state index in [2.05, 4.69) is 15.6 Å². The Bertz CT molecular complexity index is 837. The van der Waals surface area contributed by atoms with Gasteiger partial charge in [-0.1, -0.05) is 0 Å². The monoisotopic (exact) mass is 294 g/mol. The maximum Gasteiger partial charge on any atom is 0.257 e. The van der Waals surface area contributed by atoms with E-state index in [1.54, 1.807) is 59.4 Å². The van der Waals surface area contributed by atoms with Crippen LogP contribution in [0.5, 0.6) is 0 Å². The molecule has 0 bridgehead atoms. The molecule has 0 radical (unpaired) electrons. The molecule has 6 heteroatoms. The number of benzene rings is 1. The molecule has 110 valence electrons. The minimum absolute atomic E-state index is 0.134. The Labute approximate surface area is 126 Å². The third kappa shape index (κ3) is 2.95. The number of amides is 2. The minimum Gasteiger partial charge on any atom is -0.326 e. The molecule has 2 aromatic heterocycles. The first-order valence-corrected chi connectivity index (χ1v) is 6.73. The first kappa shape index (κ1) is 13.8. The van der Waals surface area contributed by atoms with Crippen LogP contribution >= 0.6 is 0 Å². The van der Waals surface area contributed by atoms with Crippen molar-refractivity contribution in [1.29, 1.82) is 0 Å². The molecule has 3 rings (SSSR count). The van der Waals surface area contributed by atoms with Crippen LogP contribution in [0.25, 0.3) is 5.65 Å². The number of carbonyl (C=O) groups is 2. The summed E-state index contributed by atoms with van der Waals surface area (Å²) in [6.45, 7) is 1.45. The second kappa shape index (κ2) is 5.69. The van der Waals surface area contributed by atoms with Gasteiger partial charge in [-0.3, -0.25) is 9.59 Å². The Morgan fingerprint density at radius 3 is 2.36 bits per heavy atom. The van der Waals surface area contributed by atoms with Crippen LogP contribution in [0.3, 0.4) is 0 Å². The normalized spacial score (nSPS) is 10.4. The molecule has 6 nitrogen and oxygen atoms in total. The van der Waals surface area contributed by atoms with Gasteiger partial charge in [0.1, 0.15) is 5.65 Å². The van der Waals surface area contributed by atoms with Crippen LogP contribution in [-0.4, -0.2) is 21.2 Å². The van der Waals surface area contributed by atoms with E-state index >= 15 is 0 Å². The summed E-state index contributed by atoms with van der Waals surface area (Å²) >= 11 is 0. The second-order valence-electron chi connectivity index (χ2n) is 4.82. The van der Waals surface area contributed by atoms with Crippen molar-refractivity contribution in [3.63, 3.8) is 0 Å². The molecule has 0 unspecified atom stereocenters. The number of imidazole rings is 1. The molecule has 2 heterocycles. The highest BCUT2D eigenvalue weighted by Gasteiger charge is 2.07. The Kier molecular flexibility index (Phi) is 3.57. The lowest BCUT2D eigenvalue weighted by Gasteiger charge is -2.07. The van der Waals surface area contributed by atoms with Crippen molar-refractivity contribution in [1.82, 2.24) is 9.38 Å². The van der Waals surface area contributed by atoms with Crippen molar-refractivity contribution in [2.75, 3.05) is 10.6 Å². The first-order valence-electron chi connectivity index (χ1n) is 6.73. The van der Waals surface area contributed by atoms with Gasteiger partial charge in [-0.25, -0.2) is 4.98 Å². The summed E-state index contributed by atoms with van der Waals surface area (Å²) in [6, 6.07) is 10.4. The zero-order valence-electron chi connectivity index (χ0n) is 11.9. The molecule has 3 aromatic rings. The van der Waals surface area contributed by atoms with E-state index in [4.69, 9.17) is 0 Å². The number of hydrogen-bond acceptors (Lipinski definition) is 3. The number of aromatic nitrogens is 2. The maximum absolute atomic E-state index is 12.2. The van der Waals surface area contributed by atoms with E-state index in [1.165, 1.54) is 6.92 Å². The Hall–Kier alpha value is -3.15. The maximum atomic E-state index is 12.2. The number of nitrogens with one attached hydrogen (secondary N) is 2. The van der Waals surface area contributed by atoms with Gasteiger partial charge in [0.05, 0.1) is 5.56 Å². The van der Waals surface area contributed by atoms with E-state index in [9.17, 15) is 9.59 Å². The molecule has 1 aromatic carbocycles. The standard InChI is InChI=1S/C16H14N4O2/c1-11(21)18-13-3-5-14(6-4-13)19-16(22)12-2-7-15-17-8-9-20(15)10-12/h2-10H,1H3,(H,18,21)(H,19,22). The van der Waals surface area contributed by atoms with Gasteiger partial charge in [-0.2, -0.15) is 0 Å². The number of rotatable bonds is 3. The smallest absolute Gasteiger partial charge is 0.257 e. The molecule has 22 heavy (non-hydrogen) atoms. The predicted molar refractivity (Wildman–Crippen MR) is 83.9 cm³/mol. The van der Waals surface area contributed by atoms with Crippen LogP contribution in [0, 0.1) is 0 Å². The molecule has 2 N–H and O–H groups in total. The highest BCUT2D eigenvalue weighted by atomic mass is 16.2. The van der Waals surface area contributed by atoms with E-state index < -0.39 is 0 Å². The van der Waals surface area contributed by atoms with E-state index in [0.29, 0.717) is 16.9 Å². The molecule has 0 aliphatic rings. The summed E-state index contributed by atoms with van der Waals surface area (Å²) in [5, 5.41) is 5.48. The lowest BCUT2D eigenvalue weighted by Crippen LogP contribution is -2.12. The average Bonchev–Trinajstić information content (AvgIpc) is 2.96. The summed E-state index contributed by atoms with van der Waals surface area (Å²) in [5.74, 6) is -0.340. The number of fused-ring (bicyclic) bond motifs is 1. The first-order chi connectivity index (χ1) is 10.6.